The van der Waals surface area contributed by atoms with Gasteiger partial charge in [0.15, 0.2) is 0 Å². The zero-order valence-corrected chi connectivity index (χ0v) is 12.4. The maximum atomic E-state index is 9.29. The molecule has 21 heavy (non-hydrogen) atoms. The van der Waals surface area contributed by atoms with Crippen molar-refractivity contribution < 1.29 is 4.42 Å². The third kappa shape index (κ3) is 3.05. The summed E-state index contributed by atoms with van der Waals surface area (Å²) in [6.45, 7) is 0. The number of rotatable bonds is 3. The number of furan rings is 1. The number of aromatic nitrogens is 1. The molecule has 102 valence electrons. The molecule has 2 aromatic heterocycles. The standard InChI is InChI=1S/C16H9ClN2OS/c17-13-4-1-3-11(7-13)15-10-21-16(19-15)12(9-18)8-14-5-2-6-20-14/h1-8,10H/b12-8+. The number of nitrogens with zero attached hydrogens (tertiary/aromatic N) is 2. The van der Waals surface area contributed by atoms with Crippen molar-refractivity contribution in [2.45, 2.75) is 0 Å². The molecule has 3 nitrogen and oxygen atoms in total. The Labute approximate surface area is 130 Å². The van der Waals surface area contributed by atoms with Gasteiger partial charge in [-0.1, -0.05) is 23.7 Å². The lowest BCUT2D eigenvalue weighted by atomic mass is 10.2. The highest BCUT2D eigenvalue weighted by atomic mass is 35.5. The summed E-state index contributed by atoms with van der Waals surface area (Å²) >= 11 is 7.40. The minimum Gasteiger partial charge on any atom is -0.465 e. The van der Waals surface area contributed by atoms with Gasteiger partial charge in [-0.15, -0.1) is 11.3 Å². The maximum absolute atomic E-state index is 9.29. The highest BCUT2D eigenvalue weighted by molar-refractivity contribution is 7.11. The van der Waals surface area contributed by atoms with Crippen LogP contribution in [0.15, 0.2) is 52.5 Å². The molecule has 2 heterocycles. The van der Waals surface area contributed by atoms with Crippen LogP contribution in [0.3, 0.4) is 0 Å². The number of halogens is 1. The summed E-state index contributed by atoms with van der Waals surface area (Å²) in [4.78, 5) is 4.50. The number of thiazole rings is 1. The predicted octanol–water partition coefficient (Wildman–Crippen LogP) is 5.12. The van der Waals surface area contributed by atoms with Gasteiger partial charge in [-0.2, -0.15) is 5.26 Å². The van der Waals surface area contributed by atoms with E-state index in [0.717, 1.165) is 11.3 Å². The molecule has 0 saturated heterocycles. The van der Waals surface area contributed by atoms with Crippen LogP contribution in [0.25, 0.3) is 22.9 Å². The normalized spacial score (nSPS) is 11.3. The molecule has 0 bridgehead atoms. The van der Waals surface area contributed by atoms with Gasteiger partial charge in [-0.3, -0.25) is 0 Å². The lowest BCUT2D eigenvalue weighted by molar-refractivity contribution is 0.557. The van der Waals surface area contributed by atoms with E-state index < -0.39 is 0 Å². The molecule has 3 aromatic rings. The highest BCUT2D eigenvalue weighted by Crippen LogP contribution is 2.28. The minimum atomic E-state index is 0.475. The smallest absolute Gasteiger partial charge is 0.134 e. The highest BCUT2D eigenvalue weighted by Gasteiger charge is 2.10. The monoisotopic (exact) mass is 312 g/mol. The van der Waals surface area contributed by atoms with Gasteiger partial charge in [-0.25, -0.2) is 4.98 Å². The Balaban J connectivity index is 1.96. The molecule has 0 spiro atoms. The quantitative estimate of drug-likeness (QED) is 0.631. The Morgan fingerprint density at radius 3 is 2.95 bits per heavy atom. The molecule has 0 saturated carbocycles. The van der Waals surface area contributed by atoms with Crippen molar-refractivity contribution in [3.05, 3.63) is 63.8 Å². The van der Waals surface area contributed by atoms with E-state index in [4.69, 9.17) is 16.0 Å². The van der Waals surface area contributed by atoms with Crippen LogP contribution in [-0.2, 0) is 0 Å². The lowest BCUT2D eigenvalue weighted by Gasteiger charge is -1.96. The number of hydrogen-bond acceptors (Lipinski definition) is 4. The topological polar surface area (TPSA) is 49.8 Å². The second-order valence-electron chi connectivity index (χ2n) is 4.23. The van der Waals surface area contributed by atoms with Crippen molar-refractivity contribution >= 4 is 34.6 Å². The molecule has 0 radical (unpaired) electrons. The van der Waals surface area contributed by atoms with E-state index in [1.165, 1.54) is 11.3 Å². The average Bonchev–Trinajstić information content (AvgIpc) is 3.16. The predicted molar refractivity (Wildman–Crippen MR) is 84.8 cm³/mol. The summed E-state index contributed by atoms with van der Waals surface area (Å²) in [5, 5.41) is 12.5. The number of allylic oxidation sites excluding steroid dienone is 1. The Hall–Kier alpha value is -2.35. The third-order valence-corrected chi connectivity index (χ3v) is 3.92. The molecule has 0 aliphatic heterocycles. The van der Waals surface area contributed by atoms with Crippen molar-refractivity contribution in [2.24, 2.45) is 0 Å². The van der Waals surface area contributed by atoms with Crippen LogP contribution in [0.2, 0.25) is 5.02 Å². The summed E-state index contributed by atoms with van der Waals surface area (Å²) in [7, 11) is 0. The largest absolute Gasteiger partial charge is 0.465 e. The fourth-order valence-corrected chi connectivity index (χ4v) is 2.82. The summed E-state index contributed by atoms with van der Waals surface area (Å²) < 4.78 is 5.23. The van der Waals surface area contributed by atoms with Crippen LogP contribution < -0.4 is 0 Å². The second-order valence-corrected chi connectivity index (χ2v) is 5.53. The minimum absolute atomic E-state index is 0.475. The van der Waals surface area contributed by atoms with E-state index in [9.17, 15) is 5.26 Å². The molecule has 0 unspecified atom stereocenters. The van der Waals surface area contributed by atoms with Crippen LogP contribution in [0.5, 0.6) is 0 Å². The van der Waals surface area contributed by atoms with Gasteiger partial charge < -0.3 is 4.42 Å². The third-order valence-electron chi connectivity index (χ3n) is 2.81. The van der Waals surface area contributed by atoms with Crippen molar-refractivity contribution in [3.63, 3.8) is 0 Å². The van der Waals surface area contributed by atoms with E-state index in [0.29, 0.717) is 21.4 Å². The molecule has 0 aliphatic rings. The SMILES string of the molecule is N#C/C(=C\c1ccco1)c1nc(-c2cccc(Cl)c2)cs1. The summed E-state index contributed by atoms with van der Waals surface area (Å²) in [5.41, 5.74) is 2.21. The molecular formula is C16H9ClN2OS. The van der Waals surface area contributed by atoms with Gasteiger partial charge in [0.25, 0.3) is 0 Å². The molecule has 5 heteroatoms. The van der Waals surface area contributed by atoms with E-state index >= 15 is 0 Å². The van der Waals surface area contributed by atoms with Crippen LogP contribution in [0.4, 0.5) is 0 Å². The first-order chi connectivity index (χ1) is 10.3. The van der Waals surface area contributed by atoms with Crippen LogP contribution in [-0.4, -0.2) is 4.98 Å². The van der Waals surface area contributed by atoms with E-state index in [-0.39, 0.29) is 0 Å². The molecule has 0 atom stereocenters. The second kappa shape index (κ2) is 5.96. The number of hydrogen-bond donors (Lipinski definition) is 0. The van der Waals surface area contributed by atoms with Gasteiger partial charge in [0.1, 0.15) is 16.8 Å². The zero-order valence-electron chi connectivity index (χ0n) is 10.8. The molecule has 3 rings (SSSR count). The van der Waals surface area contributed by atoms with Crippen LogP contribution in [0.1, 0.15) is 10.8 Å². The molecule has 0 amide bonds. The van der Waals surface area contributed by atoms with Gasteiger partial charge in [0.05, 0.1) is 17.5 Å². The summed E-state index contributed by atoms with van der Waals surface area (Å²) in [6, 6.07) is 13.2. The van der Waals surface area contributed by atoms with Crippen molar-refractivity contribution in [1.82, 2.24) is 4.98 Å². The van der Waals surface area contributed by atoms with E-state index in [1.807, 2.05) is 29.6 Å². The molecular weight excluding hydrogens is 304 g/mol. The van der Waals surface area contributed by atoms with Crippen molar-refractivity contribution in [2.75, 3.05) is 0 Å². The number of benzene rings is 1. The summed E-state index contributed by atoms with van der Waals surface area (Å²) in [5.74, 6) is 0.631. The average molecular weight is 313 g/mol. The molecule has 0 aliphatic carbocycles. The number of nitriles is 1. The first-order valence-corrected chi connectivity index (χ1v) is 7.39. The Bertz CT molecular complexity index is 828. The lowest BCUT2D eigenvalue weighted by Crippen LogP contribution is -1.82. The van der Waals surface area contributed by atoms with Crippen LogP contribution >= 0.6 is 22.9 Å². The Kier molecular flexibility index (Phi) is 3.87. The van der Waals surface area contributed by atoms with Gasteiger partial charge in [-0.05, 0) is 24.3 Å². The summed E-state index contributed by atoms with van der Waals surface area (Å²) in [6.07, 6.45) is 3.25. The zero-order chi connectivity index (χ0) is 14.7. The fraction of sp³-hybridized carbons (Fsp3) is 0. The molecule has 1 aromatic carbocycles. The van der Waals surface area contributed by atoms with Gasteiger partial charge in [0.2, 0.25) is 0 Å². The first kappa shape index (κ1) is 13.6. The molecule has 0 fully saturated rings. The Morgan fingerprint density at radius 2 is 2.24 bits per heavy atom. The van der Waals surface area contributed by atoms with E-state index in [2.05, 4.69) is 11.1 Å². The fourth-order valence-electron chi connectivity index (χ4n) is 1.84. The van der Waals surface area contributed by atoms with Crippen molar-refractivity contribution in [3.8, 4) is 17.3 Å². The van der Waals surface area contributed by atoms with Crippen molar-refractivity contribution in [1.29, 1.82) is 5.26 Å². The first-order valence-electron chi connectivity index (χ1n) is 6.13. The maximum Gasteiger partial charge on any atom is 0.134 e. The molecule has 0 N–H and O–H groups in total. The van der Waals surface area contributed by atoms with Gasteiger partial charge >= 0.3 is 0 Å². The Morgan fingerprint density at radius 1 is 1.33 bits per heavy atom. The van der Waals surface area contributed by atoms with Crippen LogP contribution in [0, 0.1) is 11.3 Å². The van der Waals surface area contributed by atoms with E-state index in [1.54, 1.807) is 24.5 Å². The van der Waals surface area contributed by atoms with Gasteiger partial charge in [0, 0.05) is 22.0 Å².